The average Bonchev–Trinajstić information content (AvgIpc) is 2.82. The van der Waals surface area contributed by atoms with Gasteiger partial charge in [0.1, 0.15) is 0 Å². The lowest BCUT2D eigenvalue weighted by Crippen LogP contribution is -2.23. The van der Waals surface area contributed by atoms with E-state index < -0.39 is 0 Å². The predicted octanol–water partition coefficient (Wildman–Crippen LogP) is 2.80. The van der Waals surface area contributed by atoms with Crippen LogP contribution >= 0.6 is 11.3 Å². The first-order chi connectivity index (χ1) is 8.11. The molecule has 1 N–H and O–H groups in total. The van der Waals surface area contributed by atoms with E-state index in [0.717, 1.165) is 12.2 Å². The van der Waals surface area contributed by atoms with Crippen molar-refractivity contribution in [1.29, 1.82) is 0 Å². The van der Waals surface area contributed by atoms with E-state index in [1.807, 2.05) is 18.7 Å². The highest BCUT2D eigenvalue weighted by Crippen LogP contribution is 2.26. The van der Waals surface area contributed by atoms with Crippen molar-refractivity contribution in [2.45, 2.75) is 26.8 Å². The fourth-order valence-corrected chi connectivity index (χ4v) is 2.84. The topological polar surface area (TPSA) is 29.9 Å². The molecule has 92 valence electrons. The van der Waals surface area contributed by atoms with E-state index >= 15 is 0 Å². The molecule has 0 aliphatic heterocycles. The maximum atomic E-state index is 4.43. The van der Waals surface area contributed by atoms with Crippen LogP contribution in [0.5, 0.6) is 0 Å². The van der Waals surface area contributed by atoms with Crippen molar-refractivity contribution in [2.24, 2.45) is 7.05 Å². The first-order valence-electron chi connectivity index (χ1n) is 5.90. The molecule has 1 atom stereocenters. The zero-order valence-corrected chi connectivity index (χ0v) is 11.6. The molecule has 1 unspecified atom stereocenters. The lowest BCUT2D eigenvalue weighted by atomic mass is 10.1. The molecule has 0 radical (unpaired) electrons. The Morgan fingerprint density at radius 2 is 2.18 bits per heavy atom. The monoisotopic (exact) mass is 249 g/mol. The zero-order chi connectivity index (χ0) is 12.4. The van der Waals surface area contributed by atoms with Crippen molar-refractivity contribution in [1.82, 2.24) is 15.1 Å². The van der Waals surface area contributed by atoms with Gasteiger partial charge in [-0.2, -0.15) is 5.10 Å². The summed E-state index contributed by atoms with van der Waals surface area (Å²) in [5, 5.41) is 10.2. The minimum atomic E-state index is 0.246. The van der Waals surface area contributed by atoms with Gasteiger partial charge in [0.2, 0.25) is 0 Å². The van der Waals surface area contributed by atoms with Crippen LogP contribution in [0.15, 0.2) is 17.5 Å². The maximum absolute atomic E-state index is 4.43. The number of nitrogens with zero attached hydrogens (tertiary/aromatic N) is 2. The van der Waals surface area contributed by atoms with Crippen molar-refractivity contribution in [3.8, 4) is 0 Å². The van der Waals surface area contributed by atoms with E-state index in [1.54, 1.807) is 11.3 Å². The van der Waals surface area contributed by atoms with Crippen molar-refractivity contribution in [3.63, 3.8) is 0 Å². The van der Waals surface area contributed by atoms with E-state index in [9.17, 15) is 0 Å². The summed E-state index contributed by atoms with van der Waals surface area (Å²) in [6, 6.07) is 4.65. The number of aryl methyl sites for hydroxylation is 3. The molecule has 3 nitrogen and oxygen atoms in total. The highest BCUT2D eigenvalue weighted by atomic mass is 32.1. The number of hydrogen-bond acceptors (Lipinski definition) is 3. The van der Waals surface area contributed by atoms with Crippen molar-refractivity contribution >= 4 is 11.3 Å². The minimum absolute atomic E-state index is 0.246. The van der Waals surface area contributed by atoms with Crippen LogP contribution in [0.2, 0.25) is 0 Å². The molecule has 17 heavy (non-hydrogen) atoms. The number of nitrogens with one attached hydrogen (secondary N) is 1. The van der Waals surface area contributed by atoms with Gasteiger partial charge in [0.15, 0.2) is 0 Å². The van der Waals surface area contributed by atoms with Crippen molar-refractivity contribution in [3.05, 3.63) is 39.3 Å². The Bertz CT molecular complexity index is 498. The second kappa shape index (κ2) is 5.02. The number of hydrogen-bond donors (Lipinski definition) is 1. The Hall–Kier alpha value is -1.13. The molecule has 4 heteroatoms. The van der Waals surface area contributed by atoms with E-state index in [-0.39, 0.29) is 6.04 Å². The molecule has 2 aromatic heterocycles. The quantitative estimate of drug-likeness (QED) is 0.903. The first kappa shape index (κ1) is 12.3. The maximum Gasteiger partial charge on any atom is 0.0756 e. The van der Waals surface area contributed by atoms with Crippen LogP contribution in [0.4, 0.5) is 0 Å². The van der Waals surface area contributed by atoms with Crippen LogP contribution in [-0.2, 0) is 7.05 Å². The van der Waals surface area contributed by atoms with E-state index in [0.29, 0.717) is 0 Å². The van der Waals surface area contributed by atoms with Gasteiger partial charge in [-0.3, -0.25) is 4.68 Å². The van der Waals surface area contributed by atoms with Gasteiger partial charge in [0, 0.05) is 11.9 Å². The molecular weight excluding hydrogens is 230 g/mol. The molecule has 0 saturated carbocycles. The Balaban J connectivity index is 2.38. The van der Waals surface area contributed by atoms with E-state index in [2.05, 4.69) is 41.8 Å². The van der Waals surface area contributed by atoms with E-state index in [4.69, 9.17) is 0 Å². The third-order valence-electron chi connectivity index (χ3n) is 2.83. The molecule has 0 bridgehead atoms. The van der Waals surface area contributed by atoms with Gasteiger partial charge in [0.05, 0.1) is 17.4 Å². The molecular formula is C13H19N3S. The number of thiophene rings is 1. The summed E-state index contributed by atoms with van der Waals surface area (Å²) >= 11 is 1.80. The normalized spacial score (nSPS) is 12.9. The van der Waals surface area contributed by atoms with Gasteiger partial charge in [0.25, 0.3) is 0 Å². The molecule has 0 saturated heterocycles. The summed E-state index contributed by atoms with van der Waals surface area (Å²) in [6.07, 6.45) is 0. The van der Waals surface area contributed by atoms with Crippen LogP contribution in [-0.4, -0.2) is 16.3 Å². The molecule has 2 aromatic rings. The lowest BCUT2D eigenvalue weighted by Gasteiger charge is -2.17. The number of aromatic nitrogens is 2. The molecule has 0 amide bonds. The Labute approximate surface area is 106 Å². The Morgan fingerprint density at radius 1 is 1.41 bits per heavy atom. The summed E-state index contributed by atoms with van der Waals surface area (Å²) in [7, 11) is 2.01. The van der Waals surface area contributed by atoms with Crippen LogP contribution < -0.4 is 5.32 Å². The summed E-state index contributed by atoms with van der Waals surface area (Å²) in [6.45, 7) is 7.26. The smallest absolute Gasteiger partial charge is 0.0756 e. The minimum Gasteiger partial charge on any atom is -0.305 e. The standard InChI is InChI=1S/C13H19N3S/c1-5-14-13(11-7-10(3)17-8-11)12-6-9(2)15-16(12)4/h6-8,13-14H,5H2,1-4H3. The molecule has 0 spiro atoms. The number of rotatable bonds is 4. The fraction of sp³-hybridized carbons (Fsp3) is 0.462. The van der Waals surface area contributed by atoms with Gasteiger partial charge in [-0.15, -0.1) is 11.3 Å². The zero-order valence-electron chi connectivity index (χ0n) is 10.8. The molecule has 0 aromatic carbocycles. The molecule has 0 aliphatic rings. The Kier molecular flexibility index (Phi) is 3.64. The molecule has 0 aliphatic carbocycles. The summed E-state index contributed by atoms with van der Waals surface area (Å²) in [5.41, 5.74) is 3.62. The summed E-state index contributed by atoms with van der Waals surface area (Å²) in [5.74, 6) is 0. The molecule has 2 heterocycles. The van der Waals surface area contributed by atoms with E-state index in [1.165, 1.54) is 16.1 Å². The fourth-order valence-electron chi connectivity index (χ4n) is 2.11. The lowest BCUT2D eigenvalue weighted by molar-refractivity contribution is 0.573. The van der Waals surface area contributed by atoms with Gasteiger partial charge in [-0.1, -0.05) is 6.92 Å². The Morgan fingerprint density at radius 3 is 2.65 bits per heavy atom. The largest absolute Gasteiger partial charge is 0.305 e. The van der Waals surface area contributed by atoms with Gasteiger partial charge in [-0.25, -0.2) is 0 Å². The predicted molar refractivity (Wildman–Crippen MR) is 72.5 cm³/mol. The average molecular weight is 249 g/mol. The molecule has 2 rings (SSSR count). The van der Waals surface area contributed by atoms with Gasteiger partial charge >= 0.3 is 0 Å². The van der Waals surface area contributed by atoms with Crippen molar-refractivity contribution in [2.75, 3.05) is 6.54 Å². The summed E-state index contributed by atoms with van der Waals surface area (Å²) < 4.78 is 1.97. The second-order valence-electron chi connectivity index (χ2n) is 4.32. The summed E-state index contributed by atoms with van der Waals surface area (Å²) in [4.78, 5) is 1.35. The van der Waals surface area contributed by atoms with Crippen LogP contribution in [0.3, 0.4) is 0 Å². The van der Waals surface area contributed by atoms with Crippen LogP contribution in [0.25, 0.3) is 0 Å². The van der Waals surface area contributed by atoms with Gasteiger partial charge in [-0.05, 0) is 43.5 Å². The van der Waals surface area contributed by atoms with Gasteiger partial charge < -0.3 is 5.32 Å². The van der Waals surface area contributed by atoms with Crippen LogP contribution in [0, 0.1) is 13.8 Å². The second-order valence-corrected chi connectivity index (χ2v) is 5.43. The highest BCUT2D eigenvalue weighted by molar-refractivity contribution is 7.10. The third kappa shape index (κ3) is 2.58. The molecule has 0 fully saturated rings. The first-order valence-corrected chi connectivity index (χ1v) is 6.78. The van der Waals surface area contributed by atoms with Crippen molar-refractivity contribution < 1.29 is 0 Å². The highest BCUT2D eigenvalue weighted by Gasteiger charge is 2.18. The third-order valence-corrected chi connectivity index (χ3v) is 3.71. The SMILES string of the molecule is CCNC(c1csc(C)c1)c1cc(C)nn1C. The van der Waals surface area contributed by atoms with Crippen LogP contribution in [0.1, 0.15) is 34.8 Å².